The topological polar surface area (TPSA) is 132 Å². The van der Waals surface area contributed by atoms with Crippen molar-refractivity contribution in [3.63, 3.8) is 0 Å². The highest BCUT2D eigenvalue weighted by molar-refractivity contribution is 7.99. The molecule has 0 unspecified atom stereocenters. The number of hydrogen-bond donors (Lipinski definition) is 2. The summed E-state index contributed by atoms with van der Waals surface area (Å²) in [5.41, 5.74) is 9.79. The van der Waals surface area contributed by atoms with Crippen LogP contribution in [0.1, 0.15) is 61.8 Å². The van der Waals surface area contributed by atoms with Gasteiger partial charge < -0.3 is 11.1 Å². The minimum absolute atomic E-state index is 0.0278. The second-order valence-corrected chi connectivity index (χ2v) is 9.88. The average Bonchev–Trinajstić information content (AvgIpc) is 3.79. The summed E-state index contributed by atoms with van der Waals surface area (Å²) < 4.78 is 31.0. The van der Waals surface area contributed by atoms with E-state index in [4.69, 9.17) is 5.73 Å². The number of thioether (sulfide) groups is 1. The van der Waals surface area contributed by atoms with Crippen LogP contribution in [-0.2, 0) is 11.2 Å². The molecule has 0 saturated heterocycles. The fourth-order valence-corrected chi connectivity index (χ4v) is 4.16. The van der Waals surface area contributed by atoms with Crippen molar-refractivity contribution in [3.05, 3.63) is 47.4 Å². The molecule has 0 radical (unpaired) electrons. The van der Waals surface area contributed by atoms with Crippen molar-refractivity contribution >= 4 is 35.5 Å². The maximum absolute atomic E-state index is 12.8. The zero-order valence-electron chi connectivity index (χ0n) is 23.3. The van der Waals surface area contributed by atoms with Gasteiger partial charge in [0.15, 0.2) is 11.6 Å². The highest BCUT2D eigenvalue weighted by Gasteiger charge is 2.30. The average molecular weight is 577 g/mol. The van der Waals surface area contributed by atoms with Crippen LogP contribution in [0, 0.1) is 13.8 Å². The minimum atomic E-state index is -2.12. The monoisotopic (exact) mass is 576 g/mol. The number of aryl methyl sites for hydroxylation is 2. The molecule has 1 amide bonds. The molecular formula is C27H35F3N8OS. The van der Waals surface area contributed by atoms with Crippen molar-refractivity contribution in [2.45, 2.75) is 70.6 Å². The van der Waals surface area contributed by atoms with Gasteiger partial charge in [-0.15, -0.1) is 11.8 Å². The Morgan fingerprint density at radius 1 is 1.15 bits per heavy atom. The van der Waals surface area contributed by atoms with Crippen LogP contribution in [0.5, 0.6) is 0 Å². The smallest absolute Gasteiger partial charge is 0.238 e. The van der Waals surface area contributed by atoms with Crippen LogP contribution >= 0.6 is 11.8 Å². The third kappa shape index (κ3) is 9.54. The van der Waals surface area contributed by atoms with Crippen molar-refractivity contribution in [2.24, 2.45) is 10.7 Å². The molecule has 40 heavy (non-hydrogen) atoms. The van der Waals surface area contributed by atoms with Crippen LogP contribution in [-0.4, -0.2) is 56.5 Å². The fourth-order valence-electron chi connectivity index (χ4n) is 3.54. The number of nitrogens with one attached hydrogen (secondary N) is 1. The van der Waals surface area contributed by atoms with Crippen LogP contribution in [0.25, 0.3) is 11.4 Å². The maximum atomic E-state index is 12.8. The zero-order valence-corrected chi connectivity index (χ0v) is 24.1. The zero-order chi connectivity index (χ0) is 29.7. The first kappa shape index (κ1) is 32.6. The Hall–Kier alpha value is -3.61. The minimum Gasteiger partial charge on any atom is -0.390 e. The molecular weight excluding hydrogens is 541 g/mol. The molecule has 3 aromatic rings. The summed E-state index contributed by atoms with van der Waals surface area (Å²) in [4.78, 5) is 40.6. The summed E-state index contributed by atoms with van der Waals surface area (Å²) in [5, 5.41) is 2.87. The van der Waals surface area contributed by atoms with Crippen LogP contribution in [0.15, 0.2) is 34.5 Å². The molecule has 1 aliphatic carbocycles. The number of hydrogen-bond acceptors (Lipinski definition) is 8. The van der Waals surface area contributed by atoms with E-state index in [0.29, 0.717) is 41.8 Å². The number of nitrogens with zero attached hydrogens (tertiary/aromatic N) is 6. The van der Waals surface area contributed by atoms with Crippen molar-refractivity contribution in [1.29, 1.82) is 0 Å². The van der Waals surface area contributed by atoms with Gasteiger partial charge in [-0.25, -0.2) is 33.7 Å². The first-order valence-electron chi connectivity index (χ1n) is 12.8. The lowest BCUT2D eigenvalue weighted by Gasteiger charge is -2.14. The van der Waals surface area contributed by atoms with Crippen LogP contribution in [0.4, 0.5) is 24.7 Å². The lowest BCUT2D eigenvalue weighted by Crippen LogP contribution is -2.17. The Labute approximate surface area is 236 Å². The fraction of sp³-hybridized carbons (Fsp3) is 0.444. The van der Waals surface area contributed by atoms with Gasteiger partial charge in [0.05, 0.1) is 42.6 Å². The Kier molecular flexibility index (Phi) is 13.4. The Bertz CT molecular complexity index is 1270. The van der Waals surface area contributed by atoms with E-state index in [0.717, 1.165) is 40.4 Å². The van der Waals surface area contributed by atoms with Gasteiger partial charge in [-0.05, 0) is 44.6 Å². The van der Waals surface area contributed by atoms with Gasteiger partial charge in [0.1, 0.15) is 12.0 Å². The van der Waals surface area contributed by atoms with E-state index in [9.17, 15) is 18.0 Å². The van der Waals surface area contributed by atoms with Gasteiger partial charge >= 0.3 is 0 Å². The number of anilines is 1. The first-order chi connectivity index (χ1) is 19.3. The number of nitrogens with two attached hydrogens (primary N) is 1. The number of aromatic nitrogens is 5. The SMILES string of the molecule is CCC(F)F.CCSc1ccc(CC(=O)Nc2nc(-c3c(C)ncnc3C3CC3)nc(C)c2N=CN)nc1.CF. The van der Waals surface area contributed by atoms with Crippen LogP contribution in [0.2, 0.25) is 0 Å². The third-order valence-corrected chi connectivity index (χ3v) is 6.40. The molecule has 216 valence electrons. The molecule has 0 atom stereocenters. The second-order valence-electron chi connectivity index (χ2n) is 8.54. The summed E-state index contributed by atoms with van der Waals surface area (Å²) in [6.07, 6.45) is 4.67. The van der Waals surface area contributed by atoms with Crippen molar-refractivity contribution < 1.29 is 18.0 Å². The van der Waals surface area contributed by atoms with Crippen LogP contribution in [0.3, 0.4) is 0 Å². The summed E-state index contributed by atoms with van der Waals surface area (Å²) >= 11 is 1.70. The standard InChI is InChI=1S/C23H26N8OS.C3H6F2.CH3F/c1-4-33-17-8-7-16(25-10-17)9-18(32)30-23-20(26-11-24)14(3)29-22(31-23)19-13(2)27-12-28-21(19)15-5-6-15;1-2-3(4)5;1-2/h7-8,10-12,15H,4-6,9H2,1-3H3,(H2,24,26)(H,29,30,31,32);3H,2H2,1H3;1H3. The molecule has 0 aliphatic heterocycles. The van der Waals surface area contributed by atoms with Crippen molar-refractivity contribution in [3.8, 4) is 11.4 Å². The molecule has 9 nitrogen and oxygen atoms in total. The number of alkyl halides is 3. The Morgan fingerprint density at radius 2 is 1.85 bits per heavy atom. The van der Waals surface area contributed by atoms with Crippen molar-refractivity contribution in [1.82, 2.24) is 24.9 Å². The molecule has 13 heteroatoms. The predicted molar refractivity (Wildman–Crippen MR) is 153 cm³/mol. The lowest BCUT2D eigenvalue weighted by molar-refractivity contribution is -0.115. The van der Waals surface area contributed by atoms with E-state index in [-0.39, 0.29) is 18.7 Å². The van der Waals surface area contributed by atoms with E-state index >= 15 is 0 Å². The molecule has 3 N–H and O–H groups in total. The van der Waals surface area contributed by atoms with E-state index < -0.39 is 6.43 Å². The predicted octanol–water partition coefficient (Wildman–Crippen LogP) is 5.98. The van der Waals surface area contributed by atoms with E-state index in [1.165, 1.54) is 13.3 Å². The largest absolute Gasteiger partial charge is 0.390 e. The Morgan fingerprint density at radius 3 is 2.40 bits per heavy atom. The van der Waals surface area contributed by atoms with E-state index in [2.05, 4.69) is 42.2 Å². The third-order valence-electron chi connectivity index (χ3n) is 5.53. The summed E-state index contributed by atoms with van der Waals surface area (Å²) in [6.45, 7) is 7.26. The number of halogens is 3. The summed E-state index contributed by atoms with van der Waals surface area (Å²) in [5.74, 6) is 1.88. The number of carbonyl (C=O) groups excluding carboxylic acids is 1. The molecule has 0 bridgehead atoms. The lowest BCUT2D eigenvalue weighted by atomic mass is 10.1. The molecule has 3 aromatic heterocycles. The molecule has 0 aromatic carbocycles. The number of pyridine rings is 1. The van der Waals surface area contributed by atoms with E-state index in [1.807, 2.05) is 26.0 Å². The molecule has 1 fully saturated rings. The highest BCUT2D eigenvalue weighted by Crippen LogP contribution is 2.43. The molecule has 1 saturated carbocycles. The molecule has 1 aliphatic rings. The summed E-state index contributed by atoms with van der Waals surface area (Å²) in [7, 11) is 0.500. The maximum Gasteiger partial charge on any atom is 0.238 e. The number of amides is 1. The van der Waals surface area contributed by atoms with Gasteiger partial charge in [-0.3, -0.25) is 14.2 Å². The molecule has 3 heterocycles. The first-order valence-corrected chi connectivity index (χ1v) is 13.7. The van der Waals surface area contributed by atoms with Crippen LogP contribution < -0.4 is 11.1 Å². The number of aliphatic imine (C=N–C) groups is 1. The number of carbonyl (C=O) groups is 1. The van der Waals surface area contributed by atoms with Gasteiger partial charge in [0, 0.05) is 29.1 Å². The second kappa shape index (κ2) is 16.5. The van der Waals surface area contributed by atoms with Gasteiger partial charge in [0.25, 0.3) is 0 Å². The number of rotatable bonds is 9. The quantitative estimate of drug-likeness (QED) is 0.181. The normalized spacial score (nSPS) is 12.4. The van der Waals surface area contributed by atoms with E-state index in [1.54, 1.807) is 24.3 Å². The molecule has 0 spiro atoms. The highest BCUT2D eigenvalue weighted by atomic mass is 32.2. The molecule has 4 rings (SSSR count). The Balaban J connectivity index is 0.000000722. The van der Waals surface area contributed by atoms with Gasteiger partial charge in [0.2, 0.25) is 12.3 Å². The van der Waals surface area contributed by atoms with Gasteiger partial charge in [-0.1, -0.05) is 13.8 Å². The van der Waals surface area contributed by atoms with Gasteiger partial charge in [-0.2, -0.15) is 0 Å². The van der Waals surface area contributed by atoms with Crippen molar-refractivity contribution in [2.75, 3.05) is 18.2 Å². The summed E-state index contributed by atoms with van der Waals surface area (Å²) in [6, 6.07) is 3.83.